The number of pyridine rings is 1. The van der Waals surface area contributed by atoms with Crippen LogP contribution in [-0.4, -0.2) is 89.4 Å². The van der Waals surface area contributed by atoms with Gasteiger partial charge in [-0.3, -0.25) is 23.9 Å². The molecule has 2 aliphatic carbocycles. The molecule has 5 atom stereocenters. The van der Waals surface area contributed by atoms with E-state index in [0.29, 0.717) is 52.4 Å². The van der Waals surface area contributed by atoms with E-state index in [1.165, 1.54) is 20.1 Å². The summed E-state index contributed by atoms with van der Waals surface area (Å²) in [6.45, 7) is 5.72. The third-order valence-corrected chi connectivity index (χ3v) is 15.3. The van der Waals surface area contributed by atoms with Crippen molar-refractivity contribution in [2.75, 3.05) is 13.7 Å². The van der Waals surface area contributed by atoms with Gasteiger partial charge in [-0.2, -0.15) is 13.2 Å². The first-order chi connectivity index (χ1) is 28.8. The maximum absolute atomic E-state index is 17.1. The quantitative estimate of drug-likeness (QED) is 0.162. The molecule has 3 amide bonds. The van der Waals surface area contributed by atoms with Gasteiger partial charge in [0, 0.05) is 23.6 Å². The number of hydrogen-bond donors (Lipinski definition) is 2. The van der Waals surface area contributed by atoms with Crippen LogP contribution in [0.5, 0.6) is 11.5 Å². The Morgan fingerprint density at radius 3 is 2.45 bits per heavy atom. The van der Waals surface area contributed by atoms with Crippen molar-refractivity contribution in [2.45, 2.75) is 151 Å². The van der Waals surface area contributed by atoms with Gasteiger partial charge in [0.1, 0.15) is 22.9 Å². The molecule has 340 valence electrons. The highest BCUT2D eigenvalue weighted by Gasteiger charge is 2.65. The third kappa shape index (κ3) is 8.33. The van der Waals surface area contributed by atoms with Crippen molar-refractivity contribution >= 4 is 44.6 Å². The first kappa shape index (κ1) is 45.5. The molecule has 1 spiro atoms. The Hall–Kier alpha value is -4.55. The summed E-state index contributed by atoms with van der Waals surface area (Å²) in [5.41, 5.74) is -6.62. The molecule has 0 unspecified atom stereocenters. The predicted molar refractivity (Wildman–Crippen MR) is 215 cm³/mol. The van der Waals surface area contributed by atoms with Gasteiger partial charge in [-0.05, 0) is 83.4 Å². The molecule has 3 fully saturated rings. The summed E-state index contributed by atoms with van der Waals surface area (Å²) in [5.74, 6) is -10.2. The monoisotopic (exact) mass is 896 g/mol. The molecule has 19 heteroatoms. The van der Waals surface area contributed by atoms with Gasteiger partial charge >= 0.3 is 12.1 Å². The lowest BCUT2D eigenvalue weighted by Crippen LogP contribution is -2.57. The van der Waals surface area contributed by atoms with E-state index in [1.54, 1.807) is 38.1 Å². The first-order valence-corrected chi connectivity index (χ1v) is 22.5. The Morgan fingerprint density at radius 2 is 1.81 bits per heavy atom. The van der Waals surface area contributed by atoms with Crippen LogP contribution in [0.15, 0.2) is 30.4 Å². The largest absolute Gasteiger partial charge is 0.497 e. The van der Waals surface area contributed by atoms with Gasteiger partial charge < -0.3 is 24.4 Å². The molecule has 1 aromatic heterocycles. The van der Waals surface area contributed by atoms with Crippen molar-refractivity contribution < 1.29 is 63.8 Å². The SMILES string of the molecule is COc1ccc2nc(C(C)C)c3c(c2c1)C(F)(F)C[C@]1(C[C@H]2C(=O)N[C@]4(C(=O)NS(=O)(=O)C5(C)CC5)C[C@H]4/C=C\CCCCC[C@H](CC(=O)OC(C)(C)C(F)(F)F)C(=O)N2C1)O3. The molecular formula is C43H53F5N4O9S. The molecule has 1 aromatic carbocycles. The number of esters is 1. The van der Waals surface area contributed by atoms with Crippen LogP contribution in [0.4, 0.5) is 22.0 Å². The number of alkyl halides is 5. The fourth-order valence-electron chi connectivity index (χ4n) is 8.88. The summed E-state index contributed by atoms with van der Waals surface area (Å²) in [7, 11) is -2.78. The van der Waals surface area contributed by atoms with Crippen molar-refractivity contribution in [3.05, 3.63) is 41.6 Å². The zero-order chi connectivity index (χ0) is 45.4. The number of nitrogens with one attached hydrogen (secondary N) is 2. The second kappa shape index (κ2) is 15.6. The van der Waals surface area contributed by atoms with Gasteiger partial charge in [-0.25, -0.2) is 22.2 Å². The Balaban J connectivity index is 1.30. The third-order valence-electron chi connectivity index (χ3n) is 13.1. The number of fused-ring (bicyclic) bond motifs is 5. The molecule has 2 saturated carbocycles. The minimum Gasteiger partial charge on any atom is -0.497 e. The number of ether oxygens (including phenoxy) is 3. The molecule has 2 N–H and O–H groups in total. The average molecular weight is 897 g/mol. The van der Waals surface area contributed by atoms with Gasteiger partial charge in [-0.15, -0.1) is 0 Å². The maximum atomic E-state index is 17.1. The summed E-state index contributed by atoms with van der Waals surface area (Å²) < 4.78 is 120. The fourth-order valence-corrected chi connectivity index (χ4v) is 10.2. The summed E-state index contributed by atoms with van der Waals surface area (Å²) in [6, 6.07) is 2.96. The number of sulfonamides is 1. The van der Waals surface area contributed by atoms with Crippen LogP contribution in [-0.2, 0) is 39.9 Å². The normalized spacial score (nSPS) is 29.0. The van der Waals surface area contributed by atoms with E-state index in [-0.39, 0.29) is 40.9 Å². The Morgan fingerprint density at radius 1 is 1.10 bits per heavy atom. The van der Waals surface area contributed by atoms with Crippen LogP contribution < -0.4 is 19.5 Å². The molecule has 0 bridgehead atoms. The second-order valence-electron chi connectivity index (χ2n) is 18.7. The number of aromatic nitrogens is 1. The van der Waals surface area contributed by atoms with E-state index in [4.69, 9.17) is 14.2 Å². The fraction of sp³-hybridized carbons (Fsp3) is 0.651. The van der Waals surface area contributed by atoms with E-state index in [9.17, 15) is 40.8 Å². The number of rotatable bonds is 8. The first-order valence-electron chi connectivity index (χ1n) is 21.0. The van der Waals surface area contributed by atoms with Crippen molar-refractivity contribution in [3.8, 4) is 11.5 Å². The second-order valence-corrected chi connectivity index (χ2v) is 20.9. The summed E-state index contributed by atoms with van der Waals surface area (Å²) in [5, 5.41) is 2.78. The Bertz CT molecular complexity index is 2310. The molecule has 2 aromatic rings. The van der Waals surface area contributed by atoms with E-state index in [1.807, 2.05) is 0 Å². The van der Waals surface area contributed by atoms with Gasteiger partial charge in [-0.1, -0.05) is 38.8 Å². The molecule has 0 radical (unpaired) electrons. The molecule has 13 nitrogen and oxygen atoms in total. The summed E-state index contributed by atoms with van der Waals surface area (Å²) in [4.78, 5) is 62.5. The minimum atomic E-state index is -4.94. The Kier molecular flexibility index (Phi) is 11.4. The molecule has 5 aliphatic rings. The number of nitrogens with zero attached hydrogens (tertiary/aromatic N) is 2. The number of carbonyl (C=O) groups excluding carboxylic acids is 4. The zero-order valence-electron chi connectivity index (χ0n) is 35.5. The van der Waals surface area contributed by atoms with Crippen molar-refractivity contribution in [3.63, 3.8) is 0 Å². The lowest BCUT2D eigenvalue weighted by Gasteiger charge is -2.41. The zero-order valence-corrected chi connectivity index (χ0v) is 36.4. The molecule has 62 heavy (non-hydrogen) atoms. The number of halogens is 5. The lowest BCUT2D eigenvalue weighted by atomic mass is 9.83. The van der Waals surface area contributed by atoms with E-state index < -0.39 is 122 Å². The number of allylic oxidation sites excluding steroid dienone is 1. The summed E-state index contributed by atoms with van der Waals surface area (Å²) >= 11 is 0. The number of methoxy groups -OCH3 is 1. The predicted octanol–water partition coefficient (Wildman–Crippen LogP) is 6.86. The number of amides is 3. The molecule has 7 rings (SSSR count). The standard InChI is InChI=1S/C43H53F5N4O9S/c1-24(2)33-34-32(28-19-27(59-6)14-15-29(28)49-33)42(44,45)22-40(61-34)21-30-35(54)50-41(37(56)51-62(57,58)39(5)16-17-39)20-26(41)13-11-9-7-8-10-12-25(36(55)52(30)23-40)18-31(53)60-38(3,4)43(46,47)48/h11,13-15,19,24-26,30H,7-10,12,16-18,20-23H2,1-6H3,(H,50,54)(H,51,56)/b13-11-/t25-,26-,30+,40+,41-/m1/s1. The highest BCUT2D eigenvalue weighted by atomic mass is 32.2. The Labute approximate surface area is 356 Å². The highest BCUT2D eigenvalue weighted by Crippen LogP contribution is 2.56. The van der Waals surface area contributed by atoms with Crippen LogP contribution in [0.2, 0.25) is 0 Å². The molecule has 3 aliphatic heterocycles. The van der Waals surface area contributed by atoms with Crippen LogP contribution in [0.3, 0.4) is 0 Å². The topological polar surface area (TPSA) is 170 Å². The van der Waals surface area contributed by atoms with Crippen LogP contribution >= 0.6 is 0 Å². The number of benzene rings is 1. The maximum Gasteiger partial charge on any atom is 0.427 e. The molecule has 1 saturated heterocycles. The smallest absolute Gasteiger partial charge is 0.427 e. The van der Waals surface area contributed by atoms with E-state index in [2.05, 4.69) is 15.0 Å². The van der Waals surface area contributed by atoms with Crippen LogP contribution in [0, 0.1) is 11.8 Å². The van der Waals surface area contributed by atoms with E-state index in [0.717, 1.165) is 4.90 Å². The van der Waals surface area contributed by atoms with Crippen LogP contribution in [0.25, 0.3) is 10.9 Å². The van der Waals surface area contributed by atoms with Crippen molar-refractivity contribution in [2.24, 2.45) is 11.8 Å². The summed E-state index contributed by atoms with van der Waals surface area (Å²) in [6.07, 6.45) is -1.18. The average Bonchev–Trinajstić information content (AvgIpc) is 4.06. The lowest BCUT2D eigenvalue weighted by molar-refractivity contribution is -0.257. The molecule has 4 heterocycles. The van der Waals surface area contributed by atoms with Crippen molar-refractivity contribution in [1.29, 1.82) is 0 Å². The van der Waals surface area contributed by atoms with Crippen LogP contribution in [0.1, 0.15) is 122 Å². The molecular weight excluding hydrogens is 844 g/mol. The number of carbonyl (C=O) groups is 4. The van der Waals surface area contributed by atoms with E-state index >= 15 is 8.78 Å². The van der Waals surface area contributed by atoms with Gasteiger partial charge in [0.15, 0.2) is 5.75 Å². The van der Waals surface area contributed by atoms with Gasteiger partial charge in [0.05, 0.1) is 48.0 Å². The van der Waals surface area contributed by atoms with Gasteiger partial charge in [0.2, 0.25) is 27.4 Å². The van der Waals surface area contributed by atoms with Crippen molar-refractivity contribution in [1.82, 2.24) is 19.9 Å². The number of hydrogen-bond acceptors (Lipinski definition) is 10. The highest BCUT2D eigenvalue weighted by molar-refractivity contribution is 7.91. The minimum absolute atomic E-state index is 0.00444. The van der Waals surface area contributed by atoms with Gasteiger partial charge in [0.25, 0.3) is 11.8 Å².